The van der Waals surface area contributed by atoms with Crippen LogP contribution in [0.5, 0.6) is 0 Å². The topological polar surface area (TPSA) is 29.3 Å². The number of likely N-dealkylation sites (N-methyl/N-ethyl adjacent to an activating group) is 1. The SMILES string of the molecule is CC(c1cc(F)cc(F)c1)N(C)C(CN)C1CC1. The first-order chi connectivity index (χ1) is 8.52. The van der Waals surface area contributed by atoms with Gasteiger partial charge in [0, 0.05) is 24.7 Å². The number of hydrogen-bond acceptors (Lipinski definition) is 2. The average molecular weight is 254 g/mol. The highest BCUT2D eigenvalue weighted by Gasteiger charge is 2.34. The van der Waals surface area contributed by atoms with Crippen molar-refractivity contribution in [3.05, 3.63) is 35.4 Å². The molecule has 0 heterocycles. The molecule has 0 aromatic heterocycles. The van der Waals surface area contributed by atoms with E-state index < -0.39 is 11.6 Å². The van der Waals surface area contributed by atoms with Crippen molar-refractivity contribution in [3.8, 4) is 0 Å². The molecule has 0 amide bonds. The maximum absolute atomic E-state index is 13.2. The van der Waals surface area contributed by atoms with Gasteiger partial charge in [0.25, 0.3) is 0 Å². The summed E-state index contributed by atoms with van der Waals surface area (Å²) in [5.41, 5.74) is 6.46. The summed E-state index contributed by atoms with van der Waals surface area (Å²) in [7, 11) is 1.98. The Kier molecular flexibility index (Phi) is 3.97. The Labute approximate surface area is 107 Å². The maximum Gasteiger partial charge on any atom is 0.126 e. The fourth-order valence-corrected chi connectivity index (χ4v) is 2.51. The lowest BCUT2D eigenvalue weighted by atomic mass is 10.0. The zero-order valence-corrected chi connectivity index (χ0v) is 10.9. The van der Waals surface area contributed by atoms with E-state index in [2.05, 4.69) is 4.90 Å². The summed E-state index contributed by atoms with van der Waals surface area (Å²) >= 11 is 0. The van der Waals surface area contributed by atoms with Crippen molar-refractivity contribution in [2.24, 2.45) is 11.7 Å². The van der Waals surface area contributed by atoms with Crippen LogP contribution in [0, 0.1) is 17.6 Å². The molecule has 4 heteroatoms. The Morgan fingerprint density at radius 3 is 2.28 bits per heavy atom. The summed E-state index contributed by atoms with van der Waals surface area (Å²) in [5.74, 6) is -0.414. The van der Waals surface area contributed by atoms with Gasteiger partial charge in [-0.2, -0.15) is 0 Å². The quantitative estimate of drug-likeness (QED) is 0.875. The molecule has 1 aliphatic carbocycles. The summed E-state index contributed by atoms with van der Waals surface area (Å²) in [6.07, 6.45) is 2.41. The summed E-state index contributed by atoms with van der Waals surface area (Å²) in [5, 5.41) is 0. The minimum atomic E-state index is -0.527. The van der Waals surface area contributed by atoms with Gasteiger partial charge in [-0.3, -0.25) is 4.90 Å². The summed E-state index contributed by atoms with van der Waals surface area (Å²) in [6.45, 7) is 2.54. The largest absolute Gasteiger partial charge is 0.329 e. The minimum absolute atomic E-state index is 0.0376. The van der Waals surface area contributed by atoms with Crippen molar-refractivity contribution >= 4 is 0 Å². The molecule has 1 saturated carbocycles. The summed E-state index contributed by atoms with van der Waals surface area (Å²) in [6, 6.07) is 3.95. The molecule has 18 heavy (non-hydrogen) atoms. The Balaban J connectivity index is 2.15. The minimum Gasteiger partial charge on any atom is -0.329 e. The highest BCUT2D eigenvalue weighted by atomic mass is 19.1. The predicted molar refractivity (Wildman–Crippen MR) is 68.1 cm³/mol. The third-order valence-corrected chi connectivity index (χ3v) is 3.91. The first kappa shape index (κ1) is 13.4. The second kappa shape index (κ2) is 5.33. The standard InChI is InChI=1S/C14H20F2N2/c1-9(11-5-12(15)7-13(16)6-11)18(2)14(8-17)10-3-4-10/h5-7,9-10,14H,3-4,8,17H2,1-2H3. The lowest BCUT2D eigenvalue weighted by molar-refractivity contribution is 0.170. The Bertz CT molecular complexity index is 398. The van der Waals surface area contributed by atoms with Crippen molar-refractivity contribution < 1.29 is 8.78 Å². The average Bonchev–Trinajstić information content (AvgIpc) is 3.12. The Morgan fingerprint density at radius 2 is 1.83 bits per heavy atom. The lowest BCUT2D eigenvalue weighted by Crippen LogP contribution is -2.41. The van der Waals surface area contributed by atoms with E-state index in [1.165, 1.54) is 25.0 Å². The van der Waals surface area contributed by atoms with Gasteiger partial charge in [-0.15, -0.1) is 0 Å². The molecule has 2 unspecified atom stereocenters. The second-order valence-corrected chi connectivity index (χ2v) is 5.18. The van der Waals surface area contributed by atoms with Gasteiger partial charge in [0.2, 0.25) is 0 Å². The van der Waals surface area contributed by atoms with E-state index in [9.17, 15) is 8.78 Å². The van der Waals surface area contributed by atoms with Crippen molar-refractivity contribution in [1.29, 1.82) is 0 Å². The summed E-state index contributed by atoms with van der Waals surface area (Å²) < 4.78 is 26.4. The third kappa shape index (κ3) is 2.87. The van der Waals surface area contributed by atoms with E-state index in [4.69, 9.17) is 5.73 Å². The van der Waals surface area contributed by atoms with Crippen LogP contribution >= 0.6 is 0 Å². The van der Waals surface area contributed by atoms with Crippen molar-refractivity contribution in [1.82, 2.24) is 4.90 Å². The molecule has 2 atom stereocenters. The molecule has 100 valence electrons. The maximum atomic E-state index is 13.2. The summed E-state index contributed by atoms with van der Waals surface area (Å²) in [4.78, 5) is 2.13. The number of nitrogens with zero attached hydrogens (tertiary/aromatic N) is 1. The van der Waals surface area contributed by atoms with E-state index >= 15 is 0 Å². The van der Waals surface area contributed by atoms with Crippen LogP contribution in [0.15, 0.2) is 18.2 Å². The molecule has 0 bridgehead atoms. The van der Waals surface area contributed by atoms with Crippen LogP contribution in [0.3, 0.4) is 0 Å². The van der Waals surface area contributed by atoms with Crippen LogP contribution in [0.25, 0.3) is 0 Å². The van der Waals surface area contributed by atoms with Crippen molar-refractivity contribution in [2.45, 2.75) is 31.8 Å². The van der Waals surface area contributed by atoms with Gasteiger partial charge in [0.1, 0.15) is 11.6 Å². The Hall–Kier alpha value is -1.00. The first-order valence-corrected chi connectivity index (χ1v) is 6.41. The number of benzene rings is 1. The van der Waals surface area contributed by atoms with Gasteiger partial charge in [-0.1, -0.05) is 0 Å². The molecule has 1 fully saturated rings. The van der Waals surface area contributed by atoms with Gasteiger partial charge in [-0.05, 0) is 50.4 Å². The molecule has 0 saturated heterocycles. The monoisotopic (exact) mass is 254 g/mol. The van der Waals surface area contributed by atoms with E-state index in [1.54, 1.807) is 0 Å². The number of nitrogens with two attached hydrogens (primary N) is 1. The highest BCUT2D eigenvalue weighted by molar-refractivity contribution is 5.21. The first-order valence-electron chi connectivity index (χ1n) is 6.41. The van der Waals surface area contributed by atoms with Crippen molar-refractivity contribution in [2.75, 3.05) is 13.6 Å². The van der Waals surface area contributed by atoms with Crippen LogP contribution in [0.2, 0.25) is 0 Å². The van der Waals surface area contributed by atoms with Crippen LogP contribution < -0.4 is 5.73 Å². The normalized spacial score (nSPS) is 19.0. The third-order valence-electron chi connectivity index (χ3n) is 3.91. The molecule has 0 aliphatic heterocycles. The molecule has 0 spiro atoms. The predicted octanol–water partition coefficient (Wildman–Crippen LogP) is 2.69. The van der Waals surface area contributed by atoms with Crippen molar-refractivity contribution in [3.63, 3.8) is 0 Å². The zero-order chi connectivity index (χ0) is 13.3. The zero-order valence-electron chi connectivity index (χ0n) is 10.9. The van der Waals surface area contributed by atoms with Gasteiger partial charge in [0.15, 0.2) is 0 Å². The second-order valence-electron chi connectivity index (χ2n) is 5.18. The molecule has 1 aliphatic rings. The highest BCUT2D eigenvalue weighted by Crippen LogP contribution is 2.37. The molecule has 1 aromatic rings. The van der Waals surface area contributed by atoms with Gasteiger partial charge in [0.05, 0.1) is 0 Å². The van der Waals surface area contributed by atoms with Gasteiger partial charge in [-0.25, -0.2) is 8.78 Å². The van der Waals surface area contributed by atoms with Crippen LogP contribution in [-0.4, -0.2) is 24.5 Å². The lowest BCUT2D eigenvalue weighted by Gasteiger charge is -2.33. The van der Waals surface area contributed by atoms with Crippen LogP contribution in [0.1, 0.15) is 31.4 Å². The number of halogens is 2. The van der Waals surface area contributed by atoms with E-state index in [-0.39, 0.29) is 6.04 Å². The molecule has 2 rings (SSSR count). The van der Waals surface area contributed by atoms with Gasteiger partial charge < -0.3 is 5.73 Å². The smallest absolute Gasteiger partial charge is 0.126 e. The van der Waals surface area contributed by atoms with E-state index in [0.717, 1.165) is 6.07 Å². The van der Waals surface area contributed by atoms with Crippen LogP contribution in [0.4, 0.5) is 8.78 Å². The molecule has 1 aromatic carbocycles. The Morgan fingerprint density at radius 1 is 1.28 bits per heavy atom. The molecule has 2 nitrogen and oxygen atoms in total. The number of hydrogen-bond donors (Lipinski definition) is 1. The number of rotatable bonds is 5. The van der Waals surface area contributed by atoms with Gasteiger partial charge >= 0.3 is 0 Å². The van der Waals surface area contributed by atoms with Crippen LogP contribution in [-0.2, 0) is 0 Å². The van der Waals surface area contributed by atoms with E-state index in [1.807, 2.05) is 14.0 Å². The molecule has 0 radical (unpaired) electrons. The fraction of sp³-hybridized carbons (Fsp3) is 0.571. The molecular weight excluding hydrogens is 234 g/mol. The van der Waals surface area contributed by atoms with E-state index in [0.29, 0.717) is 24.1 Å². The molecular formula is C14H20F2N2. The fourth-order valence-electron chi connectivity index (χ4n) is 2.51. The molecule has 2 N–H and O–H groups in total.